The second-order valence-electron chi connectivity index (χ2n) is 3.82. The van der Waals surface area contributed by atoms with Gasteiger partial charge in [0.05, 0.1) is 0 Å². The molecule has 1 aromatic carbocycles. The van der Waals surface area contributed by atoms with E-state index >= 15 is 0 Å². The van der Waals surface area contributed by atoms with Gasteiger partial charge in [0, 0.05) is 35.3 Å². The number of halogens is 2. The van der Waals surface area contributed by atoms with E-state index in [1.165, 1.54) is 4.90 Å². The summed E-state index contributed by atoms with van der Waals surface area (Å²) in [5.41, 5.74) is 2.30. The quantitative estimate of drug-likeness (QED) is 0.861. The second-order valence-corrected chi connectivity index (χ2v) is 4.69. The predicted molar refractivity (Wildman–Crippen MR) is 68.5 cm³/mol. The predicted octanol–water partition coefficient (Wildman–Crippen LogP) is 3.34. The molecule has 1 rings (SSSR count). The van der Waals surface area contributed by atoms with E-state index in [9.17, 15) is 4.79 Å². The van der Waals surface area contributed by atoms with Crippen molar-refractivity contribution in [2.75, 3.05) is 7.05 Å². The van der Waals surface area contributed by atoms with Crippen LogP contribution in [0.2, 0.25) is 10.0 Å². The van der Waals surface area contributed by atoms with E-state index in [1.54, 1.807) is 25.2 Å². The van der Waals surface area contributed by atoms with Gasteiger partial charge in [-0.25, -0.2) is 4.79 Å². The van der Waals surface area contributed by atoms with Crippen molar-refractivity contribution in [3.63, 3.8) is 0 Å². The Bertz CT molecular complexity index is 390. The van der Waals surface area contributed by atoms with E-state index in [2.05, 4.69) is 5.48 Å². The average Bonchev–Trinajstić information content (AvgIpc) is 2.23. The fraction of sp³-hybridized carbons (Fsp3) is 0.364. The molecule has 0 spiro atoms. The molecule has 0 bridgehead atoms. The summed E-state index contributed by atoms with van der Waals surface area (Å²) in [5.74, 6) is 0.382. The van der Waals surface area contributed by atoms with Crippen molar-refractivity contribution >= 4 is 29.2 Å². The third kappa shape index (κ3) is 4.32. The van der Waals surface area contributed by atoms with Crippen LogP contribution in [0.5, 0.6) is 5.75 Å². The van der Waals surface area contributed by atoms with Gasteiger partial charge in [0.2, 0.25) is 0 Å². The molecule has 0 saturated carbocycles. The second kappa shape index (κ2) is 5.98. The number of carbonyl (C=O) groups is 1. The first-order valence-electron chi connectivity index (χ1n) is 5.06. The summed E-state index contributed by atoms with van der Waals surface area (Å²) in [7, 11) is 1.67. The highest BCUT2D eigenvalue weighted by molar-refractivity contribution is 6.34. The molecule has 0 radical (unpaired) electrons. The molecule has 1 N–H and O–H groups in total. The summed E-state index contributed by atoms with van der Waals surface area (Å²) in [6.45, 7) is 3.80. The van der Waals surface area contributed by atoms with Crippen LogP contribution in [-0.2, 0) is 0 Å². The van der Waals surface area contributed by atoms with Crippen molar-refractivity contribution in [2.24, 2.45) is 0 Å². The van der Waals surface area contributed by atoms with E-state index in [0.717, 1.165) is 0 Å². The number of carbonyl (C=O) groups excluding carboxylic acids is 1. The third-order valence-electron chi connectivity index (χ3n) is 2.19. The molecule has 2 amide bonds. The zero-order valence-electron chi connectivity index (χ0n) is 9.83. The van der Waals surface area contributed by atoms with Gasteiger partial charge in [-0.15, -0.1) is 0 Å². The number of urea groups is 1. The van der Waals surface area contributed by atoms with Gasteiger partial charge in [0.1, 0.15) is 0 Å². The van der Waals surface area contributed by atoms with E-state index in [-0.39, 0.29) is 12.1 Å². The summed E-state index contributed by atoms with van der Waals surface area (Å²) in [6.07, 6.45) is 0. The van der Waals surface area contributed by atoms with Crippen LogP contribution in [0.1, 0.15) is 13.8 Å². The van der Waals surface area contributed by atoms with E-state index in [4.69, 9.17) is 28.0 Å². The summed E-state index contributed by atoms with van der Waals surface area (Å²) in [5, 5.41) is 0.887. The largest absolute Gasteiger partial charge is 0.378 e. The number of amides is 2. The Balaban J connectivity index is 2.58. The normalized spacial score (nSPS) is 10.2. The van der Waals surface area contributed by atoms with Crippen LogP contribution in [0.15, 0.2) is 18.2 Å². The molecule has 1 aromatic rings. The maximum Gasteiger partial charge on any atom is 0.350 e. The number of hydrogen-bond donors (Lipinski definition) is 1. The van der Waals surface area contributed by atoms with Gasteiger partial charge >= 0.3 is 6.03 Å². The summed E-state index contributed by atoms with van der Waals surface area (Å²) in [4.78, 5) is 18.1. The molecule has 0 fully saturated rings. The van der Waals surface area contributed by atoms with Gasteiger partial charge in [-0.1, -0.05) is 23.2 Å². The average molecular weight is 277 g/mol. The smallest absolute Gasteiger partial charge is 0.350 e. The Kier molecular flexibility index (Phi) is 4.90. The summed E-state index contributed by atoms with van der Waals surface area (Å²) in [6, 6.07) is 4.45. The Morgan fingerprint density at radius 1 is 1.29 bits per heavy atom. The van der Waals surface area contributed by atoms with Crippen molar-refractivity contribution in [1.82, 2.24) is 10.4 Å². The fourth-order valence-corrected chi connectivity index (χ4v) is 1.50. The van der Waals surface area contributed by atoms with Crippen LogP contribution in [0, 0.1) is 0 Å². The van der Waals surface area contributed by atoms with E-state index < -0.39 is 0 Å². The molecule has 0 aliphatic carbocycles. The van der Waals surface area contributed by atoms with Crippen molar-refractivity contribution in [2.45, 2.75) is 19.9 Å². The lowest BCUT2D eigenvalue weighted by Gasteiger charge is -2.21. The molecule has 0 aromatic heterocycles. The molecular weight excluding hydrogens is 263 g/mol. The van der Waals surface area contributed by atoms with Crippen LogP contribution in [-0.4, -0.2) is 24.0 Å². The fourth-order valence-electron chi connectivity index (χ4n) is 0.997. The van der Waals surface area contributed by atoms with Crippen LogP contribution in [0.25, 0.3) is 0 Å². The lowest BCUT2D eigenvalue weighted by Crippen LogP contribution is -2.42. The molecule has 0 aliphatic rings. The Morgan fingerprint density at radius 2 is 1.82 bits per heavy atom. The van der Waals surface area contributed by atoms with Crippen molar-refractivity contribution < 1.29 is 9.63 Å². The Hall–Kier alpha value is -1.13. The van der Waals surface area contributed by atoms with Gasteiger partial charge in [-0.2, -0.15) is 5.48 Å². The van der Waals surface area contributed by atoms with Crippen molar-refractivity contribution in [1.29, 1.82) is 0 Å². The highest BCUT2D eigenvalue weighted by atomic mass is 35.5. The van der Waals surface area contributed by atoms with Crippen LogP contribution in [0.4, 0.5) is 4.79 Å². The number of rotatable bonds is 3. The Morgan fingerprint density at radius 3 is 2.29 bits per heavy atom. The Labute approximate surface area is 110 Å². The number of benzene rings is 1. The molecular formula is C11H14Cl2N2O2. The third-order valence-corrected chi connectivity index (χ3v) is 2.62. The number of nitrogens with one attached hydrogen (secondary N) is 1. The molecule has 0 aliphatic heterocycles. The van der Waals surface area contributed by atoms with Crippen LogP contribution < -0.4 is 10.3 Å². The lowest BCUT2D eigenvalue weighted by molar-refractivity contribution is 0.142. The molecule has 4 nitrogen and oxygen atoms in total. The van der Waals surface area contributed by atoms with Gasteiger partial charge in [-0.3, -0.25) is 0 Å². The molecule has 94 valence electrons. The number of nitrogens with zero attached hydrogens (tertiary/aromatic N) is 1. The lowest BCUT2D eigenvalue weighted by atomic mass is 10.3. The minimum absolute atomic E-state index is 0.0848. The molecule has 17 heavy (non-hydrogen) atoms. The van der Waals surface area contributed by atoms with Crippen molar-refractivity contribution in [3.05, 3.63) is 28.2 Å². The maximum absolute atomic E-state index is 11.6. The minimum atomic E-state index is -0.337. The van der Waals surface area contributed by atoms with E-state index in [0.29, 0.717) is 15.8 Å². The maximum atomic E-state index is 11.6. The number of hydrogen-bond acceptors (Lipinski definition) is 2. The summed E-state index contributed by atoms with van der Waals surface area (Å²) < 4.78 is 0. The molecule has 0 unspecified atom stereocenters. The topological polar surface area (TPSA) is 41.6 Å². The first-order valence-corrected chi connectivity index (χ1v) is 5.81. The molecule has 0 heterocycles. The minimum Gasteiger partial charge on any atom is -0.378 e. The van der Waals surface area contributed by atoms with Gasteiger partial charge in [-0.05, 0) is 19.9 Å². The first kappa shape index (κ1) is 13.9. The van der Waals surface area contributed by atoms with Crippen LogP contribution >= 0.6 is 23.2 Å². The van der Waals surface area contributed by atoms with E-state index in [1.807, 2.05) is 13.8 Å². The zero-order valence-corrected chi connectivity index (χ0v) is 11.3. The van der Waals surface area contributed by atoms with Crippen molar-refractivity contribution in [3.8, 4) is 5.75 Å². The summed E-state index contributed by atoms with van der Waals surface area (Å²) >= 11 is 11.6. The van der Waals surface area contributed by atoms with Gasteiger partial charge in [0.25, 0.3) is 0 Å². The zero-order chi connectivity index (χ0) is 13.0. The number of hydroxylamine groups is 1. The van der Waals surface area contributed by atoms with Gasteiger partial charge in [0.15, 0.2) is 5.75 Å². The SMILES string of the molecule is CC(C)N(C)C(=O)NOc1cc(Cl)cc(Cl)c1. The standard InChI is InChI=1S/C11H14Cl2N2O2/c1-7(2)15(3)11(16)14-17-10-5-8(12)4-9(13)6-10/h4-7H,1-3H3,(H,14,16). The molecule has 0 atom stereocenters. The van der Waals surface area contributed by atoms with Gasteiger partial charge < -0.3 is 9.74 Å². The molecule has 6 heteroatoms. The highest BCUT2D eigenvalue weighted by Gasteiger charge is 2.12. The highest BCUT2D eigenvalue weighted by Crippen LogP contribution is 2.23. The molecule has 0 saturated heterocycles. The first-order chi connectivity index (χ1) is 7.90. The van der Waals surface area contributed by atoms with Crippen LogP contribution in [0.3, 0.4) is 0 Å². The monoisotopic (exact) mass is 276 g/mol.